The maximum absolute atomic E-state index is 3.73. The molecule has 1 aliphatic heterocycles. The molecule has 2 nitrogen and oxygen atoms in total. The van der Waals surface area contributed by atoms with Crippen molar-refractivity contribution < 1.29 is 0 Å². The second kappa shape index (κ2) is 5.60. The van der Waals surface area contributed by atoms with Crippen LogP contribution >= 0.6 is 0 Å². The van der Waals surface area contributed by atoms with Crippen LogP contribution in [0.15, 0.2) is 36.6 Å². The molecule has 1 N–H and O–H groups in total. The molecule has 1 aliphatic rings. The quantitative estimate of drug-likeness (QED) is 0.659. The van der Waals surface area contributed by atoms with Gasteiger partial charge < -0.3 is 10.2 Å². The van der Waals surface area contributed by atoms with Crippen LogP contribution in [0.1, 0.15) is 6.92 Å². The van der Waals surface area contributed by atoms with E-state index in [1.165, 1.54) is 5.70 Å². The minimum absolute atomic E-state index is 1.08. The van der Waals surface area contributed by atoms with Gasteiger partial charge in [0.15, 0.2) is 0 Å². The van der Waals surface area contributed by atoms with Gasteiger partial charge in [-0.15, -0.1) is 0 Å². The summed E-state index contributed by atoms with van der Waals surface area (Å²) in [5.74, 6) is 0. The van der Waals surface area contributed by atoms with Crippen LogP contribution in [0.4, 0.5) is 0 Å². The molecule has 2 heteroatoms. The van der Waals surface area contributed by atoms with E-state index in [1.807, 2.05) is 13.0 Å². The summed E-state index contributed by atoms with van der Waals surface area (Å²) in [6.07, 6.45) is 8.10. The molecule has 1 saturated heterocycles. The molecule has 0 aromatic carbocycles. The van der Waals surface area contributed by atoms with Gasteiger partial charge in [0.05, 0.1) is 0 Å². The Labute approximate surface area is 80.6 Å². The van der Waals surface area contributed by atoms with E-state index >= 15 is 0 Å². The number of hydrogen-bond acceptors (Lipinski definition) is 2. The van der Waals surface area contributed by atoms with Crippen molar-refractivity contribution in [2.45, 2.75) is 6.92 Å². The molecule has 0 aliphatic carbocycles. The Hall–Kier alpha value is -1.02. The maximum Gasteiger partial charge on any atom is 0.0363 e. The minimum Gasteiger partial charge on any atom is -0.369 e. The molecule has 0 unspecified atom stereocenters. The van der Waals surface area contributed by atoms with Crippen LogP contribution < -0.4 is 5.32 Å². The number of piperazine rings is 1. The van der Waals surface area contributed by atoms with Gasteiger partial charge in [-0.05, 0) is 19.1 Å². The van der Waals surface area contributed by atoms with E-state index in [9.17, 15) is 0 Å². The third-order valence-electron chi connectivity index (χ3n) is 2.11. The highest BCUT2D eigenvalue weighted by Gasteiger charge is 2.09. The molecule has 0 aromatic heterocycles. The van der Waals surface area contributed by atoms with E-state index in [-0.39, 0.29) is 0 Å². The fourth-order valence-electron chi connectivity index (χ4n) is 1.48. The lowest BCUT2D eigenvalue weighted by molar-refractivity contribution is 0.307. The molecule has 1 heterocycles. The zero-order chi connectivity index (χ0) is 9.52. The van der Waals surface area contributed by atoms with Crippen molar-refractivity contribution in [3.8, 4) is 0 Å². The first kappa shape index (κ1) is 10.1. The topological polar surface area (TPSA) is 15.3 Å². The summed E-state index contributed by atoms with van der Waals surface area (Å²) in [7, 11) is 0. The average Bonchev–Trinajstić information content (AvgIpc) is 2.19. The van der Waals surface area contributed by atoms with E-state index in [0.29, 0.717) is 0 Å². The Morgan fingerprint density at radius 3 is 2.62 bits per heavy atom. The molecule has 0 saturated carbocycles. The smallest absolute Gasteiger partial charge is 0.0363 e. The Morgan fingerprint density at radius 1 is 1.38 bits per heavy atom. The molecule has 0 amide bonds. The van der Waals surface area contributed by atoms with Crippen molar-refractivity contribution in [1.29, 1.82) is 0 Å². The first-order valence-electron chi connectivity index (χ1n) is 4.79. The second-order valence-corrected chi connectivity index (χ2v) is 3.06. The van der Waals surface area contributed by atoms with Crippen LogP contribution in [0.5, 0.6) is 0 Å². The summed E-state index contributed by atoms with van der Waals surface area (Å²) in [4.78, 5) is 2.37. The highest BCUT2D eigenvalue weighted by atomic mass is 15.2. The van der Waals surface area contributed by atoms with E-state index in [0.717, 1.165) is 26.2 Å². The zero-order valence-corrected chi connectivity index (χ0v) is 8.29. The Kier molecular flexibility index (Phi) is 4.33. The standard InChI is InChI=1S/C11H18N2/c1-3-5-11(6-4-2)13-9-7-12-8-10-13/h3-6,12H,1,7-10H2,2H3. The first-order valence-corrected chi connectivity index (χ1v) is 4.79. The number of nitrogens with one attached hydrogen (secondary N) is 1. The lowest BCUT2D eigenvalue weighted by Crippen LogP contribution is -2.42. The molecule has 13 heavy (non-hydrogen) atoms. The highest BCUT2D eigenvalue weighted by Crippen LogP contribution is 2.07. The third-order valence-corrected chi connectivity index (χ3v) is 2.11. The zero-order valence-electron chi connectivity index (χ0n) is 8.29. The van der Waals surface area contributed by atoms with Crippen molar-refractivity contribution in [2.75, 3.05) is 26.2 Å². The van der Waals surface area contributed by atoms with Crippen LogP contribution in [-0.4, -0.2) is 31.1 Å². The highest BCUT2D eigenvalue weighted by molar-refractivity contribution is 5.22. The van der Waals surface area contributed by atoms with E-state index in [2.05, 4.69) is 35.0 Å². The van der Waals surface area contributed by atoms with Gasteiger partial charge in [0.2, 0.25) is 0 Å². The first-order chi connectivity index (χ1) is 6.38. The van der Waals surface area contributed by atoms with Gasteiger partial charge in [0, 0.05) is 31.9 Å². The Morgan fingerprint density at radius 2 is 2.08 bits per heavy atom. The lowest BCUT2D eigenvalue weighted by atomic mass is 10.2. The van der Waals surface area contributed by atoms with Gasteiger partial charge in [0.25, 0.3) is 0 Å². The number of rotatable bonds is 3. The fraction of sp³-hybridized carbons (Fsp3) is 0.455. The van der Waals surface area contributed by atoms with Crippen LogP contribution in [0.3, 0.4) is 0 Å². The molecule has 0 aromatic rings. The molecule has 1 fully saturated rings. The van der Waals surface area contributed by atoms with Gasteiger partial charge in [-0.2, -0.15) is 0 Å². The van der Waals surface area contributed by atoms with Crippen molar-refractivity contribution in [3.05, 3.63) is 36.6 Å². The van der Waals surface area contributed by atoms with Gasteiger partial charge in [-0.3, -0.25) is 0 Å². The normalized spacial score (nSPS) is 19.5. The van der Waals surface area contributed by atoms with Gasteiger partial charge in [-0.1, -0.05) is 18.7 Å². The second-order valence-electron chi connectivity index (χ2n) is 3.06. The number of nitrogens with zero attached hydrogens (tertiary/aromatic N) is 1. The minimum atomic E-state index is 1.08. The SMILES string of the molecule is C=CC=C(C=CC)N1CCNCC1. The Bertz CT molecular complexity index is 210. The van der Waals surface area contributed by atoms with Gasteiger partial charge >= 0.3 is 0 Å². The summed E-state index contributed by atoms with van der Waals surface area (Å²) >= 11 is 0. The largest absolute Gasteiger partial charge is 0.369 e. The van der Waals surface area contributed by atoms with Crippen LogP contribution in [0.25, 0.3) is 0 Å². The molecular formula is C11H18N2. The summed E-state index contributed by atoms with van der Waals surface area (Å²) < 4.78 is 0. The lowest BCUT2D eigenvalue weighted by Gasteiger charge is -2.30. The van der Waals surface area contributed by atoms with Crippen LogP contribution in [0.2, 0.25) is 0 Å². The van der Waals surface area contributed by atoms with Gasteiger partial charge in [0.1, 0.15) is 0 Å². The molecule has 0 radical (unpaired) electrons. The van der Waals surface area contributed by atoms with Crippen molar-refractivity contribution >= 4 is 0 Å². The van der Waals surface area contributed by atoms with E-state index in [4.69, 9.17) is 0 Å². The molecule has 1 rings (SSSR count). The molecule has 0 spiro atoms. The number of allylic oxidation sites excluding steroid dienone is 4. The average molecular weight is 178 g/mol. The molecule has 72 valence electrons. The van der Waals surface area contributed by atoms with Crippen molar-refractivity contribution in [1.82, 2.24) is 10.2 Å². The predicted octanol–water partition coefficient (Wildman–Crippen LogP) is 1.54. The third kappa shape index (κ3) is 3.07. The maximum atomic E-state index is 3.73. The summed E-state index contributed by atoms with van der Waals surface area (Å²) in [6, 6.07) is 0. The van der Waals surface area contributed by atoms with Crippen molar-refractivity contribution in [2.24, 2.45) is 0 Å². The van der Waals surface area contributed by atoms with E-state index in [1.54, 1.807) is 0 Å². The van der Waals surface area contributed by atoms with Crippen LogP contribution in [0, 0.1) is 0 Å². The van der Waals surface area contributed by atoms with E-state index < -0.39 is 0 Å². The summed E-state index contributed by atoms with van der Waals surface area (Å²) in [5.41, 5.74) is 1.26. The monoisotopic (exact) mass is 178 g/mol. The number of hydrogen-bond donors (Lipinski definition) is 1. The molecule has 0 atom stereocenters. The van der Waals surface area contributed by atoms with Crippen molar-refractivity contribution in [3.63, 3.8) is 0 Å². The Balaban J connectivity index is 2.62. The molecule has 0 bridgehead atoms. The summed E-state index contributed by atoms with van der Waals surface area (Å²) in [5, 5.41) is 3.33. The fourth-order valence-corrected chi connectivity index (χ4v) is 1.48. The predicted molar refractivity (Wildman–Crippen MR) is 57.5 cm³/mol. The summed E-state index contributed by atoms with van der Waals surface area (Å²) in [6.45, 7) is 10.1. The molecular weight excluding hydrogens is 160 g/mol. The van der Waals surface area contributed by atoms with Gasteiger partial charge in [-0.25, -0.2) is 0 Å². The van der Waals surface area contributed by atoms with Crippen LogP contribution in [-0.2, 0) is 0 Å².